The largest absolute Gasteiger partial charge is 0.496 e. The van der Waals surface area contributed by atoms with Crippen molar-refractivity contribution >= 4 is 50.5 Å². The van der Waals surface area contributed by atoms with Crippen LogP contribution in [-0.2, 0) is 4.79 Å². The van der Waals surface area contributed by atoms with Crippen LogP contribution in [-0.4, -0.2) is 18.2 Å². The summed E-state index contributed by atoms with van der Waals surface area (Å²) >= 11 is 4.79. The van der Waals surface area contributed by atoms with Gasteiger partial charge in [-0.15, -0.1) is 0 Å². The first-order valence-corrected chi connectivity index (χ1v) is 9.27. The first-order valence-electron chi connectivity index (χ1n) is 7.66. The lowest BCUT2D eigenvalue weighted by atomic mass is 10.1. The van der Waals surface area contributed by atoms with Gasteiger partial charge >= 0.3 is 0 Å². The Kier molecular flexibility index (Phi) is 5.30. The maximum Gasteiger partial charge on any atom is 0.264 e. The van der Waals surface area contributed by atoms with E-state index >= 15 is 0 Å². The van der Waals surface area contributed by atoms with Gasteiger partial charge in [-0.2, -0.15) is 0 Å². The number of hydrogen-bond donors (Lipinski definition) is 1. The maximum absolute atomic E-state index is 12.2. The molecule has 25 heavy (non-hydrogen) atoms. The number of ether oxygens (including phenoxy) is 1. The molecule has 0 atom stereocenters. The number of aryl methyl sites for hydroxylation is 2. The third kappa shape index (κ3) is 4.14. The fourth-order valence-corrected chi connectivity index (χ4v) is 3.72. The minimum Gasteiger partial charge on any atom is -0.496 e. The summed E-state index contributed by atoms with van der Waals surface area (Å²) in [5, 5.41) is 3.40. The molecule has 128 valence electrons. The van der Waals surface area contributed by atoms with Crippen LogP contribution in [0.25, 0.3) is 6.08 Å². The molecule has 0 aromatic heterocycles. The Morgan fingerprint density at radius 2 is 1.96 bits per heavy atom. The predicted octanol–water partition coefficient (Wildman–Crippen LogP) is 4.97. The van der Waals surface area contributed by atoms with Crippen LogP contribution >= 0.6 is 27.7 Å². The van der Waals surface area contributed by atoms with E-state index in [0.717, 1.165) is 21.5 Å². The molecule has 2 aromatic rings. The van der Waals surface area contributed by atoms with Gasteiger partial charge in [-0.1, -0.05) is 12.1 Å². The van der Waals surface area contributed by atoms with E-state index in [0.29, 0.717) is 10.1 Å². The smallest absolute Gasteiger partial charge is 0.264 e. The fourth-order valence-electron chi connectivity index (χ4n) is 2.32. The number of amides is 1. The zero-order valence-electron chi connectivity index (χ0n) is 14.1. The Morgan fingerprint density at radius 3 is 2.64 bits per heavy atom. The number of halogens is 1. The molecule has 0 spiro atoms. The van der Waals surface area contributed by atoms with Crippen molar-refractivity contribution in [1.82, 2.24) is 5.32 Å². The topological polar surface area (TPSA) is 50.7 Å². The number of thioether (sulfide) groups is 1. The summed E-state index contributed by atoms with van der Waals surface area (Å²) < 4.78 is 6.07. The van der Waals surface area contributed by atoms with E-state index in [4.69, 9.17) is 4.74 Å². The zero-order valence-corrected chi connectivity index (χ0v) is 16.5. The molecule has 0 radical (unpaired) electrons. The van der Waals surface area contributed by atoms with Crippen molar-refractivity contribution in [2.24, 2.45) is 4.99 Å². The summed E-state index contributed by atoms with van der Waals surface area (Å²) in [6, 6.07) is 11.7. The van der Waals surface area contributed by atoms with E-state index in [1.807, 2.05) is 49.4 Å². The summed E-state index contributed by atoms with van der Waals surface area (Å²) in [6.07, 6.45) is 1.84. The van der Waals surface area contributed by atoms with Crippen LogP contribution in [0.5, 0.6) is 5.75 Å². The van der Waals surface area contributed by atoms with Crippen LogP contribution in [0, 0.1) is 13.8 Å². The highest BCUT2D eigenvalue weighted by Gasteiger charge is 2.23. The summed E-state index contributed by atoms with van der Waals surface area (Å²) in [5.74, 6) is 0.613. The number of rotatable bonds is 3. The lowest BCUT2D eigenvalue weighted by Gasteiger charge is -2.03. The molecule has 1 aliphatic heterocycles. The van der Waals surface area contributed by atoms with Gasteiger partial charge in [-0.3, -0.25) is 4.79 Å². The molecular formula is C19H17BrN2O2S. The molecule has 1 N–H and O–H groups in total. The van der Waals surface area contributed by atoms with Gasteiger partial charge in [0, 0.05) is 0 Å². The summed E-state index contributed by atoms with van der Waals surface area (Å²) in [5.41, 5.74) is 4.14. The second-order valence-electron chi connectivity index (χ2n) is 5.64. The normalized spacial score (nSPS) is 17.2. The average Bonchev–Trinajstić information content (AvgIpc) is 2.90. The average molecular weight is 417 g/mol. The van der Waals surface area contributed by atoms with Gasteiger partial charge in [0.1, 0.15) is 5.75 Å². The van der Waals surface area contributed by atoms with Gasteiger partial charge in [0.2, 0.25) is 0 Å². The van der Waals surface area contributed by atoms with E-state index in [-0.39, 0.29) is 5.91 Å². The fraction of sp³-hybridized carbons (Fsp3) is 0.158. The Hall–Kier alpha value is -2.05. The SMILES string of the molecule is COc1ccc(/C=C2\SC(=Nc3ccc(C)c(C)c3)NC2=O)cc1Br. The van der Waals surface area contributed by atoms with Gasteiger partial charge in [-0.05, 0) is 88.6 Å². The second kappa shape index (κ2) is 7.45. The number of nitrogens with one attached hydrogen (secondary N) is 1. The maximum atomic E-state index is 12.2. The number of carbonyl (C=O) groups excluding carboxylic acids is 1. The van der Waals surface area contributed by atoms with Crippen LogP contribution in [0.3, 0.4) is 0 Å². The first-order chi connectivity index (χ1) is 12.0. The van der Waals surface area contributed by atoms with Gasteiger partial charge in [0.15, 0.2) is 5.17 Å². The van der Waals surface area contributed by atoms with Crippen molar-refractivity contribution in [3.63, 3.8) is 0 Å². The van der Waals surface area contributed by atoms with Crippen molar-refractivity contribution in [3.05, 3.63) is 62.5 Å². The quantitative estimate of drug-likeness (QED) is 0.718. The molecule has 6 heteroatoms. The monoisotopic (exact) mass is 416 g/mol. The number of benzene rings is 2. The summed E-state index contributed by atoms with van der Waals surface area (Å²) in [4.78, 5) is 17.3. The predicted molar refractivity (Wildman–Crippen MR) is 107 cm³/mol. The highest BCUT2D eigenvalue weighted by molar-refractivity contribution is 9.10. The third-order valence-electron chi connectivity index (χ3n) is 3.85. The molecule has 0 aliphatic carbocycles. The van der Waals surface area contributed by atoms with E-state index in [2.05, 4.69) is 33.2 Å². The number of carbonyl (C=O) groups is 1. The number of amidine groups is 1. The molecule has 1 aliphatic rings. The van der Waals surface area contributed by atoms with Crippen LogP contribution in [0.4, 0.5) is 5.69 Å². The molecule has 3 rings (SSSR count). The van der Waals surface area contributed by atoms with E-state index in [1.54, 1.807) is 7.11 Å². The van der Waals surface area contributed by atoms with Crippen LogP contribution in [0.2, 0.25) is 0 Å². The first kappa shape index (κ1) is 17.8. The Morgan fingerprint density at radius 1 is 1.16 bits per heavy atom. The number of nitrogens with zero attached hydrogens (tertiary/aromatic N) is 1. The minimum atomic E-state index is -0.139. The van der Waals surface area contributed by atoms with Gasteiger partial charge in [-0.25, -0.2) is 4.99 Å². The number of hydrogen-bond acceptors (Lipinski definition) is 4. The van der Waals surface area contributed by atoms with Crippen molar-refractivity contribution in [2.75, 3.05) is 7.11 Å². The molecule has 1 amide bonds. The summed E-state index contributed by atoms with van der Waals surface area (Å²) in [7, 11) is 1.62. The Labute approximate surface area is 159 Å². The van der Waals surface area contributed by atoms with Gasteiger partial charge < -0.3 is 10.1 Å². The van der Waals surface area contributed by atoms with E-state index in [1.165, 1.54) is 22.9 Å². The van der Waals surface area contributed by atoms with Gasteiger partial charge in [0.05, 0.1) is 22.2 Å². The lowest BCUT2D eigenvalue weighted by Crippen LogP contribution is -2.19. The number of methoxy groups -OCH3 is 1. The molecule has 1 heterocycles. The molecule has 1 saturated heterocycles. The summed E-state index contributed by atoms with van der Waals surface area (Å²) in [6.45, 7) is 4.11. The lowest BCUT2D eigenvalue weighted by molar-refractivity contribution is -0.115. The highest BCUT2D eigenvalue weighted by Crippen LogP contribution is 2.31. The molecule has 0 bridgehead atoms. The van der Waals surface area contributed by atoms with Crippen LogP contribution < -0.4 is 10.1 Å². The van der Waals surface area contributed by atoms with E-state index < -0.39 is 0 Å². The highest BCUT2D eigenvalue weighted by atomic mass is 79.9. The second-order valence-corrected chi connectivity index (χ2v) is 7.53. The van der Waals surface area contributed by atoms with Crippen molar-refractivity contribution in [2.45, 2.75) is 13.8 Å². The van der Waals surface area contributed by atoms with Crippen molar-refractivity contribution < 1.29 is 9.53 Å². The standard InChI is InChI=1S/C19H17BrN2O2S/c1-11-4-6-14(8-12(11)2)21-19-22-18(23)17(25-19)10-13-5-7-16(24-3)15(20)9-13/h4-10H,1-3H3,(H,21,22,23)/b17-10-. The minimum absolute atomic E-state index is 0.139. The Balaban J connectivity index is 1.83. The molecule has 2 aromatic carbocycles. The van der Waals surface area contributed by atoms with Crippen LogP contribution in [0.15, 0.2) is 50.8 Å². The molecule has 1 fully saturated rings. The molecule has 0 unspecified atom stereocenters. The van der Waals surface area contributed by atoms with Crippen LogP contribution in [0.1, 0.15) is 16.7 Å². The zero-order chi connectivity index (χ0) is 18.0. The van der Waals surface area contributed by atoms with Crippen molar-refractivity contribution in [3.8, 4) is 5.75 Å². The molecule has 4 nitrogen and oxygen atoms in total. The molecule has 0 saturated carbocycles. The van der Waals surface area contributed by atoms with Crippen molar-refractivity contribution in [1.29, 1.82) is 0 Å². The third-order valence-corrected chi connectivity index (χ3v) is 5.38. The Bertz CT molecular complexity index is 906. The van der Waals surface area contributed by atoms with E-state index in [9.17, 15) is 4.79 Å². The number of aliphatic imine (C=N–C) groups is 1. The molecular weight excluding hydrogens is 400 g/mol. The van der Waals surface area contributed by atoms with Gasteiger partial charge in [0.25, 0.3) is 5.91 Å².